The summed E-state index contributed by atoms with van der Waals surface area (Å²) in [6, 6.07) is 18.1. The smallest absolute Gasteiger partial charge is 0.408 e. The molecule has 1 atom stereocenters. The lowest BCUT2D eigenvalue weighted by molar-refractivity contribution is -0.118. The van der Waals surface area contributed by atoms with Gasteiger partial charge in [0.25, 0.3) is 0 Å². The number of carbonyl (C=O) groups is 2. The second-order valence-corrected chi connectivity index (χ2v) is 9.79. The maximum Gasteiger partial charge on any atom is 0.408 e. The van der Waals surface area contributed by atoms with Crippen LogP contribution in [0.2, 0.25) is 0 Å². The first kappa shape index (κ1) is 25.9. The SMILES string of the molecule is COc1ccc(-c2ccc(-c3cccc(NC(=O)[C@H](CC(C)C)NC(=O)OC(C)(C)C)c3)o2)cc1. The lowest BCUT2D eigenvalue weighted by Crippen LogP contribution is -2.46. The summed E-state index contributed by atoms with van der Waals surface area (Å²) in [5.41, 5.74) is 1.72. The number of alkyl carbamates (subject to hydrolysis) is 1. The van der Waals surface area contributed by atoms with E-state index in [-0.39, 0.29) is 11.8 Å². The number of hydrogen-bond acceptors (Lipinski definition) is 5. The van der Waals surface area contributed by atoms with Crippen molar-refractivity contribution in [2.75, 3.05) is 12.4 Å². The molecule has 186 valence electrons. The minimum Gasteiger partial charge on any atom is -0.497 e. The number of rotatable bonds is 8. The summed E-state index contributed by atoms with van der Waals surface area (Å²) in [5, 5.41) is 5.61. The number of methoxy groups -OCH3 is 1. The van der Waals surface area contributed by atoms with Gasteiger partial charge in [-0.15, -0.1) is 0 Å². The molecule has 3 aromatic rings. The molecule has 3 rings (SSSR count). The molecule has 0 unspecified atom stereocenters. The first-order chi connectivity index (χ1) is 16.5. The Morgan fingerprint density at radius 2 is 1.60 bits per heavy atom. The van der Waals surface area contributed by atoms with Crippen molar-refractivity contribution in [1.82, 2.24) is 5.32 Å². The highest BCUT2D eigenvalue weighted by Crippen LogP contribution is 2.30. The van der Waals surface area contributed by atoms with Gasteiger partial charge < -0.3 is 24.5 Å². The van der Waals surface area contributed by atoms with E-state index in [4.69, 9.17) is 13.9 Å². The standard InChI is InChI=1S/C28H34N2O5/c1-18(2)16-23(30-27(32)35-28(3,4)5)26(31)29-21-9-7-8-20(17-21)25-15-14-24(34-25)19-10-12-22(33-6)13-11-19/h7-15,17-18,23H,16H2,1-6H3,(H,29,31)(H,30,32)/t23-/m0/s1. The first-order valence-corrected chi connectivity index (χ1v) is 11.7. The largest absolute Gasteiger partial charge is 0.497 e. The van der Waals surface area contributed by atoms with Gasteiger partial charge in [-0.1, -0.05) is 26.0 Å². The fourth-order valence-electron chi connectivity index (χ4n) is 3.54. The summed E-state index contributed by atoms with van der Waals surface area (Å²) in [4.78, 5) is 25.3. The Morgan fingerprint density at radius 3 is 2.20 bits per heavy atom. The van der Waals surface area contributed by atoms with E-state index in [1.165, 1.54) is 0 Å². The van der Waals surface area contributed by atoms with Gasteiger partial charge in [0, 0.05) is 16.8 Å². The predicted octanol–water partition coefficient (Wildman–Crippen LogP) is 6.50. The maximum absolute atomic E-state index is 13.0. The van der Waals surface area contributed by atoms with Crippen molar-refractivity contribution in [3.63, 3.8) is 0 Å². The second-order valence-electron chi connectivity index (χ2n) is 9.79. The van der Waals surface area contributed by atoms with Gasteiger partial charge in [-0.05, 0) is 81.6 Å². The van der Waals surface area contributed by atoms with Crippen molar-refractivity contribution in [2.45, 2.75) is 52.7 Å². The van der Waals surface area contributed by atoms with Crippen molar-refractivity contribution in [3.8, 4) is 28.4 Å². The summed E-state index contributed by atoms with van der Waals surface area (Å²) < 4.78 is 16.6. The Hall–Kier alpha value is -3.74. The van der Waals surface area contributed by atoms with Crippen molar-refractivity contribution in [1.29, 1.82) is 0 Å². The molecule has 0 aliphatic rings. The summed E-state index contributed by atoms with van der Waals surface area (Å²) >= 11 is 0. The van der Waals surface area contributed by atoms with Crippen LogP contribution in [-0.2, 0) is 9.53 Å². The molecule has 0 bridgehead atoms. The van der Waals surface area contributed by atoms with Crippen LogP contribution in [0, 0.1) is 5.92 Å². The third-order valence-corrected chi connectivity index (χ3v) is 5.11. The zero-order valence-electron chi connectivity index (χ0n) is 21.2. The average Bonchev–Trinajstić information content (AvgIpc) is 3.28. The third-order valence-electron chi connectivity index (χ3n) is 5.11. The minimum absolute atomic E-state index is 0.200. The van der Waals surface area contributed by atoms with Gasteiger partial charge >= 0.3 is 6.09 Å². The third kappa shape index (κ3) is 7.64. The minimum atomic E-state index is -0.723. The van der Waals surface area contributed by atoms with Crippen LogP contribution in [0.25, 0.3) is 22.6 Å². The molecule has 2 N–H and O–H groups in total. The fraction of sp³-hybridized carbons (Fsp3) is 0.357. The van der Waals surface area contributed by atoms with E-state index >= 15 is 0 Å². The second kappa shape index (κ2) is 11.1. The van der Waals surface area contributed by atoms with Gasteiger partial charge in [0.2, 0.25) is 5.91 Å². The van der Waals surface area contributed by atoms with Crippen molar-refractivity contribution >= 4 is 17.7 Å². The number of furan rings is 1. The van der Waals surface area contributed by atoms with Gasteiger partial charge in [-0.25, -0.2) is 4.79 Å². The Labute approximate surface area is 206 Å². The monoisotopic (exact) mass is 478 g/mol. The molecular weight excluding hydrogens is 444 g/mol. The molecule has 0 aliphatic heterocycles. The van der Waals surface area contributed by atoms with E-state index in [2.05, 4.69) is 10.6 Å². The van der Waals surface area contributed by atoms with E-state index in [0.29, 0.717) is 17.9 Å². The Balaban J connectivity index is 1.73. The van der Waals surface area contributed by atoms with Crippen LogP contribution in [0.1, 0.15) is 41.0 Å². The molecule has 0 saturated carbocycles. The molecule has 2 aromatic carbocycles. The average molecular weight is 479 g/mol. The van der Waals surface area contributed by atoms with Crippen molar-refractivity contribution < 1.29 is 23.5 Å². The normalized spacial score (nSPS) is 12.2. The molecule has 0 saturated heterocycles. The zero-order valence-corrected chi connectivity index (χ0v) is 21.2. The highest BCUT2D eigenvalue weighted by atomic mass is 16.6. The fourth-order valence-corrected chi connectivity index (χ4v) is 3.54. The molecule has 7 nitrogen and oxygen atoms in total. The van der Waals surface area contributed by atoms with E-state index < -0.39 is 17.7 Å². The van der Waals surface area contributed by atoms with Crippen molar-refractivity contribution in [2.24, 2.45) is 5.92 Å². The Kier molecular flexibility index (Phi) is 8.22. The molecule has 1 aromatic heterocycles. The number of nitrogens with one attached hydrogen (secondary N) is 2. The zero-order chi connectivity index (χ0) is 25.6. The van der Waals surface area contributed by atoms with E-state index in [1.54, 1.807) is 33.9 Å². The van der Waals surface area contributed by atoms with Crippen LogP contribution >= 0.6 is 0 Å². The Bertz CT molecular complexity index is 1140. The van der Waals surface area contributed by atoms with Gasteiger partial charge in [0.05, 0.1) is 7.11 Å². The number of carbonyl (C=O) groups excluding carboxylic acids is 2. The van der Waals surface area contributed by atoms with Gasteiger partial charge in [-0.3, -0.25) is 4.79 Å². The van der Waals surface area contributed by atoms with Crippen LogP contribution in [0.4, 0.5) is 10.5 Å². The summed E-state index contributed by atoms with van der Waals surface area (Å²) in [6.45, 7) is 9.34. The Morgan fingerprint density at radius 1 is 0.943 bits per heavy atom. The predicted molar refractivity (Wildman–Crippen MR) is 137 cm³/mol. The number of anilines is 1. The summed E-state index contributed by atoms with van der Waals surface area (Å²) in [6.07, 6.45) is -0.137. The first-order valence-electron chi connectivity index (χ1n) is 11.7. The molecule has 35 heavy (non-hydrogen) atoms. The lowest BCUT2D eigenvalue weighted by atomic mass is 10.0. The van der Waals surface area contributed by atoms with Crippen LogP contribution < -0.4 is 15.4 Å². The molecule has 7 heteroatoms. The summed E-state index contributed by atoms with van der Waals surface area (Å²) in [7, 11) is 1.63. The summed E-state index contributed by atoms with van der Waals surface area (Å²) in [5.74, 6) is 2.08. The van der Waals surface area contributed by atoms with Crippen LogP contribution in [0.5, 0.6) is 5.75 Å². The van der Waals surface area contributed by atoms with E-state index in [0.717, 1.165) is 22.6 Å². The number of benzene rings is 2. The molecule has 2 amide bonds. The maximum atomic E-state index is 13.0. The molecular formula is C28H34N2O5. The van der Waals surface area contributed by atoms with Gasteiger partial charge in [0.15, 0.2) is 0 Å². The number of amides is 2. The van der Waals surface area contributed by atoms with Crippen LogP contribution in [0.15, 0.2) is 65.1 Å². The highest BCUT2D eigenvalue weighted by Gasteiger charge is 2.25. The quantitative estimate of drug-likeness (QED) is 0.386. The topological polar surface area (TPSA) is 89.8 Å². The number of ether oxygens (including phenoxy) is 2. The molecule has 0 aliphatic carbocycles. The number of hydrogen-bond donors (Lipinski definition) is 2. The van der Waals surface area contributed by atoms with E-state index in [1.807, 2.05) is 68.4 Å². The molecule has 1 heterocycles. The van der Waals surface area contributed by atoms with Gasteiger partial charge in [-0.2, -0.15) is 0 Å². The van der Waals surface area contributed by atoms with Crippen molar-refractivity contribution in [3.05, 3.63) is 60.7 Å². The lowest BCUT2D eigenvalue weighted by Gasteiger charge is -2.24. The van der Waals surface area contributed by atoms with Gasteiger partial charge in [0.1, 0.15) is 28.9 Å². The van der Waals surface area contributed by atoms with Crippen LogP contribution in [-0.4, -0.2) is 30.8 Å². The molecule has 0 radical (unpaired) electrons. The highest BCUT2D eigenvalue weighted by molar-refractivity contribution is 5.97. The molecule has 0 fully saturated rings. The van der Waals surface area contributed by atoms with Crippen LogP contribution in [0.3, 0.4) is 0 Å². The molecule has 0 spiro atoms. The van der Waals surface area contributed by atoms with E-state index in [9.17, 15) is 9.59 Å².